The van der Waals surface area contributed by atoms with E-state index in [0.717, 1.165) is 20.5 Å². The van der Waals surface area contributed by atoms with Gasteiger partial charge < -0.3 is 4.57 Å². The number of rotatable bonds is 2. The Balaban J connectivity index is 2.19. The smallest absolute Gasteiger partial charge is 0.271 e. The fourth-order valence-electron chi connectivity index (χ4n) is 2.16. The first-order chi connectivity index (χ1) is 9.56. The van der Waals surface area contributed by atoms with Gasteiger partial charge in [-0.3, -0.25) is 10.1 Å². The zero-order valence-electron chi connectivity index (χ0n) is 10.6. The van der Waals surface area contributed by atoms with Crippen LogP contribution in [0.4, 0.5) is 5.69 Å². The molecule has 5 nitrogen and oxygen atoms in total. The molecule has 0 bridgehead atoms. The minimum atomic E-state index is -0.404. The summed E-state index contributed by atoms with van der Waals surface area (Å²) in [5, 5.41) is 10.8. The van der Waals surface area contributed by atoms with Crippen molar-refractivity contribution in [2.45, 2.75) is 0 Å². The minimum Gasteiger partial charge on any atom is -0.327 e. The fourth-order valence-corrected chi connectivity index (χ4v) is 2.52. The average Bonchev–Trinajstić information content (AvgIpc) is 2.76. The van der Waals surface area contributed by atoms with Gasteiger partial charge in [-0.1, -0.05) is 12.1 Å². The molecule has 0 aliphatic carbocycles. The SMILES string of the molecule is Cn1c(-c2ccc(I)cc2)nc2cc([N+](=O)[O-])ccc21. The van der Waals surface area contributed by atoms with Crippen molar-refractivity contribution >= 4 is 39.3 Å². The van der Waals surface area contributed by atoms with Crippen molar-refractivity contribution in [1.82, 2.24) is 9.55 Å². The van der Waals surface area contributed by atoms with E-state index in [0.29, 0.717) is 5.52 Å². The van der Waals surface area contributed by atoms with Crippen molar-refractivity contribution < 1.29 is 4.92 Å². The van der Waals surface area contributed by atoms with Gasteiger partial charge in [0.15, 0.2) is 0 Å². The van der Waals surface area contributed by atoms with Crippen molar-refractivity contribution in [3.8, 4) is 11.4 Å². The molecule has 0 fully saturated rings. The van der Waals surface area contributed by atoms with Gasteiger partial charge >= 0.3 is 0 Å². The summed E-state index contributed by atoms with van der Waals surface area (Å²) in [4.78, 5) is 14.9. The normalized spacial score (nSPS) is 10.9. The van der Waals surface area contributed by atoms with Crippen LogP contribution in [-0.2, 0) is 7.05 Å². The van der Waals surface area contributed by atoms with Gasteiger partial charge in [0.25, 0.3) is 5.69 Å². The van der Waals surface area contributed by atoms with Crippen molar-refractivity contribution in [2.24, 2.45) is 7.05 Å². The van der Waals surface area contributed by atoms with Crippen LogP contribution in [0.15, 0.2) is 42.5 Å². The van der Waals surface area contributed by atoms with Gasteiger partial charge in [0.1, 0.15) is 5.82 Å². The number of nitro groups is 1. The first-order valence-corrected chi connectivity index (χ1v) is 7.01. The van der Waals surface area contributed by atoms with Crippen LogP contribution in [0.2, 0.25) is 0 Å². The molecule has 1 aromatic heterocycles. The quantitative estimate of drug-likeness (QED) is 0.387. The second-order valence-electron chi connectivity index (χ2n) is 4.43. The Morgan fingerprint density at radius 3 is 2.55 bits per heavy atom. The molecular formula is C14H10IN3O2. The highest BCUT2D eigenvalue weighted by Gasteiger charge is 2.13. The van der Waals surface area contributed by atoms with Crippen LogP contribution >= 0.6 is 22.6 Å². The zero-order chi connectivity index (χ0) is 14.3. The second-order valence-corrected chi connectivity index (χ2v) is 5.68. The molecule has 0 radical (unpaired) electrons. The number of aryl methyl sites for hydroxylation is 1. The standard InChI is InChI=1S/C14H10IN3O2/c1-17-13-7-6-11(18(19)20)8-12(13)16-14(17)9-2-4-10(15)5-3-9/h2-8H,1H3. The third kappa shape index (κ3) is 2.15. The number of benzene rings is 2. The van der Waals surface area contributed by atoms with Crippen LogP contribution in [0.5, 0.6) is 0 Å². The maximum atomic E-state index is 10.8. The molecule has 0 atom stereocenters. The lowest BCUT2D eigenvalue weighted by Crippen LogP contribution is -1.92. The van der Waals surface area contributed by atoms with Gasteiger partial charge in [-0.05, 0) is 40.8 Å². The molecule has 100 valence electrons. The summed E-state index contributed by atoms with van der Waals surface area (Å²) < 4.78 is 3.10. The molecule has 0 saturated carbocycles. The molecule has 1 heterocycles. The molecule has 20 heavy (non-hydrogen) atoms. The molecule has 0 N–H and O–H groups in total. The van der Waals surface area contributed by atoms with Crippen molar-refractivity contribution in [3.05, 3.63) is 56.1 Å². The minimum absolute atomic E-state index is 0.0600. The first-order valence-electron chi connectivity index (χ1n) is 5.93. The zero-order valence-corrected chi connectivity index (χ0v) is 12.7. The number of nitrogens with zero attached hydrogens (tertiary/aromatic N) is 3. The van der Waals surface area contributed by atoms with E-state index in [-0.39, 0.29) is 5.69 Å². The molecule has 0 spiro atoms. The van der Waals surface area contributed by atoms with Gasteiger partial charge in [0, 0.05) is 28.3 Å². The van der Waals surface area contributed by atoms with Gasteiger partial charge in [-0.15, -0.1) is 0 Å². The number of hydrogen-bond donors (Lipinski definition) is 0. The molecule has 0 amide bonds. The van der Waals surface area contributed by atoms with E-state index in [9.17, 15) is 10.1 Å². The van der Waals surface area contributed by atoms with Crippen LogP contribution in [-0.4, -0.2) is 14.5 Å². The molecule has 6 heteroatoms. The Kier molecular flexibility index (Phi) is 3.17. The highest BCUT2D eigenvalue weighted by Crippen LogP contribution is 2.26. The lowest BCUT2D eigenvalue weighted by atomic mass is 10.2. The van der Waals surface area contributed by atoms with Crippen LogP contribution in [0, 0.1) is 13.7 Å². The molecular weight excluding hydrogens is 369 g/mol. The van der Waals surface area contributed by atoms with Gasteiger partial charge in [-0.25, -0.2) is 4.98 Å². The number of hydrogen-bond acceptors (Lipinski definition) is 3. The van der Waals surface area contributed by atoms with Crippen molar-refractivity contribution in [2.75, 3.05) is 0 Å². The third-order valence-electron chi connectivity index (χ3n) is 3.18. The largest absolute Gasteiger partial charge is 0.327 e. The summed E-state index contributed by atoms with van der Waals surface area (Å²) in [5.74, 6) is 0.803. The van der Waals surface area contributed by atoms with Gasteiger partial charge in [0.2, 0.25) is 0 Å². The van der Waals surface area contributed by atoms with E-state index in [1.54, 1.807) is 6.07 Å². The van der Waals surface area contributed by atoms with Crippen LogP contribution < -0.4 is 0 Å². The monoisotopic (exact) mass is 379 g/mol. The summed E-state index contributed by atoms with van der Waals surface area (Å²) in [6.07, 6.45) is 0. The summed E-state index contributed by atoms with van der Waals surface area (Å²) >= 11 is 2.25. The van der Waals surface area contributed by atoms with E-state index in [1.165, 1.54) is 12.1 Å². The van der Waals surface area contributed by atoms with Crippen LogP contribution in [0.1, 0.15) is 0 Å². The molecule has 0 unspecified atom stereocenters. The third-order valence-corrected chi connectivity index (χ3v) is 3.90. The van der Waals surface area contributed by atoms with Gasteiger partial charge in [0.05, 0.1) is 16.0 Å². The van der Waals surface area contributed by atoms with Crippen molar-refractivity contribution in [3.63, 3.8) is 0 Å². The van der Waals surface area contributed by atoms with E-state index < -0.39 is 4.92 Å². The summed E-state index contributed by atoms with van der Waals surface area (Å²) in [6.45, 7) is 0. The molecule has 3 rings (SSSR count). The molecule has 2 aromatic carbocycles. The summed E-state index contributed by atoms with van der Waals surface area (Å²) in [7, 11) is 1.91. The van der Waals surface area contributed by atoms with E-state index >= 15 is 0 Å². The predicted octanol–water partition coefficient (Wildman–Crippen LogP) is 3.75. The number of aromatic nitrogens is 2. The highest BCUT2D eigenvalue weighted by molar-refractivity contribution is 14.1. The average molecular weight is 379 g/mol. The maximum Gasteiger partial charge on any atom is 0.271 e. The van der Waals surface area contributed by atoms with E-state index in [4.69, 9.17) is 0 Å². The first kappa shape index (κ1) is 13.0. The van der Waals surface area contributed by atoms with Crippen LogP contribution in [0.3, 0.4) is 0 Å². The Morgan fingerprint density at radius 1 is 1.20 bits per heavy atom. The lowest BCUT2D eigenvalue weighted by Gasteiger charge is -2.02. The number of fused-ring (bicyclic) bond motifs is 1. The lowest BCUT2D eigenvalue weighted by molar-refractivity contribution is -0.384. The molecule has 0 aliphatic rings. The topological polar surface area (TPSA) is 61.0 Å². The Hall–Kier alpha value is -1.96. The van der Waals surface area contributed by atoms with Crippen LogP contribution in [0.25, 0.3) is 22.4 Å². The number of nitro benzene ring substituents is 1. The van der Waals surface area contributed by atoms with Gasteiger partial charge in [-0.2, -0.15) is 0 Å². The number of halogens is 1. The number of imidazole rings is 1. The highest BCUT2D eigenvalue weighted by atomic mass is 127. The van der Waals surface area contributed by atoms with E-state index in [1.807, 2.05) is 35.9 Å². The Bertz CT molecular complexity index is 809. The molecule has 0 aliphatic heterocycles. The molecule has 0 saturated heterocycles. The predicted molar refractivity (Wildman–Crippen MR) is 85.5 cm³/mol. The van der Waals surface area contributed by atoms with Crippen molar-refractivity contribution in [1.29, 1.82) is 0 Å². The summed E-state index contributed by atoms with van der Waals surface area (Å²) in [5.41, 5.74) is 2.57. The number of non-ortho nitro benzene ring substituents is 1. The van der Waals surface area contributed by atoms with E-state index in [2.05, 4.69) is 27.6 Å². The second kappa shape index (κ2) is 4.86. The maximum absolute atomic E-state index is 10.8. The summed E-state index contributed by atoms with van der Waals surface area (Å²) in [6, 6.07) is 12.8. The Labute approximate surface area is 128 Å². The Morgan fingerprint density at radius 2 is 1.90 bits per heavy atom. The fraction of sp³-hybridized carbons (Fsp3) is 0.0714. The molecule has 3 aromatic rings.